The van der Waals surface area contributed by atoms with Crippen molar-refractivity contribution < 1.29 is 4.79 Å². The Balaban J connectivity index is 0.00000208. The molecule has 2 atom stereocenters. The van der Waals surface area contributed by atoms with E-state index >= 15 is 0 Å². The predicted octanol–water partition coefficient (Wildman–Crippen LogP) is 2.73. The second kappa shape index (κ2) is 8.47. The van der Waals surface area contributed by atoms with Gasteiger partial charge in [0.1, 0.15) is 0 Å². The highest BCUT2D eigenvalue weighted by molar-refractivity contribution is 5.85. The average Bonchev–Trinajstić information content (AvgIpc) is 2.56. The van der Waals surface area contributed by atoms with Crippen LogP contribution in [-0.4, -0.2) is 43.0 Å². The van der Waals surface area contributed by atoms with Gasteiger partial charge in [0.15, 0.2) is 0 Å². The summed E-state index contributed by atoms with van der Waals surface area (Å²) in [5, 5.41) is 8.91. The van der Waals surface area contributed by atoms with E-state index in [-0.39, 0.29) is 24.4 Å². The Labute approximate surface area is 150 Å². The van der Waals surface area contributed by atoms with E-state index in [2.05, 4.69) is 52.8 Å². The topological polar surface area (TPSA) is 44.4 Å². The number of nitrogens with zero attached hydrogens (tertiary/aromatic N) is 1. The standard InChI is InChI=1S/C19H25N3O.ClH/c1-14-12-20-9-10-22(14)13-19(23)21-15(2)17-8-7-16-5-3-4-6-18(16)11-17;/h3-8,11,14-15,20H,9-10,12-13H2,1-2H3,(H,21,23);1H/t14-,15?;/m0./s1. The minimum Gasteiger partial charge on any atom is -0.348 e. The molecule has 130 valence electrons. The van der Waals surface area contributed by atoms with Gasteiger partial charge < -0.3 is 10.6 Å². The van der Waals surface area contributed by atoms with Crippen molar-refractivity contribution in [3.63, 3.8) is 0 Å². The number of carbonyl (C=O) groups excluding carboxylic acids is 1. The Morgan fingerprint density at radius 2 is 2.04 bits per heavy atom. The molecule has 24 heavy (non-hydrogen) atoms. The first kappa shape index (κ1) is 18.7. The van der Waals surface area contributed by atoms with Gasteiger partial charge in [-0.3, -0.25) is 9.69 Å². The first-order valence-electron chi connectivity index (χ1n) is 8.36. The van der Waals surface area contributed by atoms with E-state index in [1.54, 1.807) is 0 Å². The van der Waals surface area contributed by atoms with E-state index in [0.29, 0.717) is 12.6 Å². The maximum absolute atomic E-state index is 12.3. The van der Waals surface area contributed by atoms with Gasteiger partial charge in [-0.05, 0) is 36.2 Å². The smallest absolute Gasteiger partial charge is 0.234 e. The van der Waals surface area contributed by atoms with Crippen LogP contribution in [0.3, 0.4) is 0 Å². The van der Waals surface area contributed by atoms with Gasteiger partial charge in [-0.1, -0.05) is 36.4 Å². The number of amides is 1. The summed E-state index contributed by atoms with van der Waals surface area (Å²) in [6.45, 7) is 7.51. The molecule has 0 saturated carbocycles. The summed E-state index contributed by atoms with van der Waals surface area (Å²) < 4.78 is 0. The third-order valence-corrected chi connectivity index (χ3v) is 4.64. The number of rotatable bonds is 4. The molecule has 1 heterocycles. The lowest BCUT2D eigenvalue weighted by molar-refractivity contribution is -0.123. The predicted molar refractivity (Wildman–Crippen MR) is 102 cm³/mol. The Morgan fingerprint density at radius 3 is 2.79 bits per heavy atom. The van der Waals surface area contributed by atoms with E-state index in [1.807, 2.05) is 19.1 Å². The molecule has 0 bridgehead atoms. The summed E-state index contributed by atoms with van der Waals surface area (Å²) in [4.78, 5) is 14.6. The normalized spacial score (nSPS) is 19.5. The fraction of sp³-hybridized carbons (Fsp3) is 0.421. The van der Waals surface area contributed by atoms with E-state index in [1.165, 1.54) is 10.8 Å². The van der Waals surface area contributed by atoms with Crippen molar-refractivity contribution in [1.29, 1.82) is 0 Å². The van der Waals surface area contributed by atoms with Gasteiger partial charge in [0, 0.05) is 25.7 Å². The van der Waals surface area contributed by atoms with Crippen LogP contribution in [0, 0.1) is 0 Å². The molecule has 1 aliphatic rings. The third-order valence-electron chi connectivity index (χ3n) is 4.64. The van der Waals surface area contributed by atoms with E-state index in [4.69, 9.17) is 0 Å². The molecule has 2 aromatic carbocycles. The van der Waals surface area contributed by atoms with Crippen molar-refractivity contribution in [2.24, 2.45) is 0 Å². The van der Waals surface area contributed by atoms with Gasteiger partial charge in [-0.25, -0.2) is 0 Å². The van der Waals surface area contributed by atoms with Crippen LogP contribution in [0.25, 0.3) is 10.8 Å². The monoisotopic (exact) mass is 347 g/mol. The summed E-state index contributed by atoms with van der Waals surface area (Å²) in [7, 11) is 0. The quantitative estimate of drug-likeness (QED) is 0.893. The fourth-order valence-electron chi connectivity index (χ4n) is 3.15. The van der Waals surface area contributed by atoms with Crippen molar-refractivity contribution in [3.8, 4) is 0 Å². The second-order valence-electron chi connectivity index (χ2n) is 6.42. The number of hydrogen-bond acceptors (Lipinski definition) is 3. The van der Waals surface area contributed by atoms with Crippen molar-refractivity contribution in [2.45, 2.75) is 25.9 Å². The minimum atomic E-state index is 0. The molecular formula is C19H26ClN3O. The number of piperazine rings is 1. The molecule has 4 nitrogen and oxygen atoms in total. The molecule has 3 rings (SSSR count). The molecule has 2 N–H and O–H groups in total. The number of halogens is 1. The van der Waals surface area contributed by atoms with Gasteiger partial charge in [0.05, 0.1) is 12.6 Å². The highest BCUT2D eigenvalue weighted by Crippen LogP contribution is 2.20. The van der Waals surface area contributed by atoms with Gasteiger partial charge in [-0.2, -0.15) is 0 Å². The van der Waals surface area contributed by atoms with Crippen LogP contribution in [0.1, 0.15) is 25.5 Å². The lowest BCUT2D eigenvalue weighted by Crippen LogP contribution is -2.52. The van der Waals surface area contributed by atoms with E-state index in [0.717, 1.165) is 25.2 Å². The average molecular weight is 348 g/mol. The van der Waals surface area contributed by atoms with Crippen LogP contribution in [0.15, 0.2) is 42.5 Å². The largest absolute Gasteiger partial charge is 0.348 e. The Kier molecular flexibility index (Phi) is 6.60. The Morgan fingerprint density at radius 1 is 1.29 bits per heavy atom. The van der Waals surface area contributed by atoms with Gasteiger partial charge in [0.2, 0.25) is 5.91 Å². The summed E-state index contributed by atoms with van der Waals surface area (Å²) in [6.07, 6.45) is 0. The Bertz CT molecular complexity index is 691. The van der Waals surface area contributed by atoms with Crippen LogP contribution < -0.4 is 10.6 Å². The number of nitrogens with one attached hydrogen (secondary N) is 2. The van der Waals surface area contributed by atoms with Crippen LogP contribution in [0.5, 0.6) is 0 Å². The fourth-order valence-corrected chi connectivity index (χ4v) is 3.15. The SMILES string of the molecule is CC(NC(=O)CN1CCNC[C@@H]1C)c1ccc2ccccc2c1.Cl. The lowest BCUT2D eigenvalue weighted by Gasteiger charge is -2.33. The van der Waals surface area contributed by atoms with Crippen LogP contribution >= 0.6 is 12.4 Å². The maximum atomic E-state index is 12.3. The van der Waals surface area contributed by atoms with Crippen LogP contribution in [-0.2, 0) is 4.79 Å². The summed E-state index contributed by atoms with van der Waals surface area (Å²) in [5.41, 5.74) is 1.14. The highest BCUT2D eigenvalue weighted by Gasteiger charge is 2.21. The number of hydrogen-bond donors (Lipinski definition) is 2. The zero-order valence-corrected chi connectivity index (χ0v) is 15.1. The van der Waals surface area contributed by atoms with Gasteiger partial charge >= 0.3 is 0 Å². The number of fused-ring (bicyclic) bond motifs is 1. The zero-order valence-electron chi connectivity index (χ0n) is 14.3. The number of benzene rings is 2. The molecule has 0 radical (unpaired) electrons. The molecule has 1 amide bonds. The lowest BCUT2D eigenvalue weighted by atomic mass is 10.0. The molecule has 0 spiro atoms. The zero-order chi connectivity index (χ0) is 16.2. The minimum absolute atomic E-state index is 0. The molecule has 1 saturated heterocycles. The molecule has 1 fully saturated rings. The first-order chi connectivity index (χ1) is 11.1. The highest BCUT2D eigenvalue weighted by atomic mass is 35.5. The van der Waals surface area contributed by atoms with Crippen molar-refractivity contribution in [2.75, 3.05) is 26.2 Å². The molecule has 0 aromatic heterocycles. The molecular weight excluding hydrogens is 322 g/mol. The summed E-state index contributed by atoms with van der Waals surface area (Å²) in [5.74, 6) is 0.0967. The molecule has 0 aliphatic carbocycles. The molecule has 2 aromatic rings. The first-order valence-corrected chi connectivity index (χ1v) is 8.36. The Hall–Kier alpha value is -1.62. The summed E-state index contributed by atoms with van der Waals surface area (Å²) >= 11 is 0. The van der Waals surface area contributed by atoms with Gasteiger partial charge in [-0.15, -0.1) is 12.4 Å². The van der Waals surface area contributed by atoms with E-state index < -0.39 is 0 Å². The maximum Gasteiger partial charge on any atom is 0.234 e. The summed E-state index contributed by atoms with van der Waals surface area (Å²) in [6, 6.07) is 15.1. The third kappa shape index (κ3) is 4.47. The number of carbonyl (C=O) groups is 1. The molecule has 1 aliphatic heterocycles. The molecule has 5 heteroatoms. The van der Waals surface area contributed by atoms with Crippen molar-refractivity contribution >= 4 is 29.1 Å². The van der Waals surface area contributed by atoms with Crippen LogP contribution in [0.2, 0.25) is 0 Å². The van der Waals surface area contributed by atoms with Crippen molar-refractivity contribution in [1.82, 2.24) is 15.5 Å². The molecule has 1 unspecified atom stereocenters. The van der Waals surface area contributed by atoms with Crippen molar-refractivity contribution in [3.05, 3.63) is 48.0 Å². The van der Waals surface area contributed by atoms with E-state index in [9.17, 15) is 4.79 Å². The van der Waals surface area contributed by atoms with Crippen LogP contribution in [0.4, 0.5) is 0 Å². The second-order valence-corrected chi connectivity index (χ2v) is 6.42. The van der Waals surface area contributed by atoms with Gasteiger partial charge in [0.25, 0.3) is 0 Å².